The molecule has 1 aromatic heterocycles. The van der Waals surface area contributed by atoms with Crippen molar-refractivity contribution in [1.29, 1.82) is 0 Å². The lowest BCUT2D eigenvalue weighted by molar-refractivity contribution is 0.415. The minimum Gasteiger partial charge on any atom is -0.497 e. The van der Waals surface area contributed by atoms with Gasteiger partial charge in [0.2, 0.25) is 0 Å². The van der Waals surface area contributed by atoms with Gasteiger partial charge in [-0.1, -0.05) is 17.7 Å². The molecule has 0 aliphatic carbocycles. The molecule has 82 valence electrons. The number of halogens is 1. The van der Waals surface area contributed by atoms with Crippen molar-refractivity contribution >= 4 is 11.6 Å². The van der Waals surface area contributed by atoms with Crippen LogP contribution in [0.3, 0.4) is 0 Å². The SMILES string of the molecule is COc1cc(Cl)cc(-c2ccc(C)nc2)c1. The molecular formula is C13H12ClNO. The Kier molecular flexibility index (Phi) is 3.11. The summed E-state index contributed by atoms with van der Waals surface area (Å²) in [5.41, 5.74) is 3.04. The number of ether oxygens (including phenoxy) is 1. The monoisotopic (exact) mass is 233 g/mol. The molecule has 3 heteroatoms. The Labute approximate surface area is 99.9 Å². The molecule has 1 aromatic carbocycles. The summed E-state index contributed by atoms with van der Waals surface area (Å²) in [5, 5.41) is 0.662. The Morgan fingerprint density at radius 2 is 1.94 bits per heavy atom. The van der Waals surface area contributed by atoms with Crippen molar-refractivity contribution in [2.75, 3.05) is 7.11 Å². The van der Waals surface area contributed by atoms with E-state index in [2.05, 4.69) is 4.98 Å². The highest BCUT2D eigenvalue weighted by Crippen LogP contribution is 2.27. The first-order chi connectivity index (χ1) is 7.69. The second kappa shape index (κ2) is 4.54. The maximum absolute atomic E-state index is 6.01. The first-order valence-electron chi connectivity index (χ1n) is 4.96. The number of methoxy groups -OCH3 is 1. The van der Waals surface area contributed by atoms with Crippen LogP contribution in [0.4, 0.5) is 0 Å². The summed E-state index contributed by atoms with van der Waals surface area (Å²) in [6.45, 7) is 1.96. The number of nitrogens with zero attached hydrogens (tertiary/aromatic N) is 1. The molecule has 0 aliphatic heterocycles. The van der Waals surface area contributed by atoms with Crippen LogP contribution in [-0.2, 0) is 0 Å². The van der Waals surface area contributed by atoms with Crippen LogP contribution in [0, 0.1) is 6.92 Å². The third-order valence-electron chi connectivity index (χ3n) is 2.35. The number of benzene rings is 1. The van der Waals surface area contributed by atoms with Crippen LogP contribution in [0.25, 0.3) is 11.1 Å². The Balaban J connectivity index is 2.47. The van der Waals surface area contributed by atoms with Crippen molar-refractivity contribution in [2.24, 2.45) is 0 Å². The van der Waals surface area contributed by atoms with Gasteiger partial charge in [-0.2, -0.15) is 0 Å². The highest BCUT2D eigenvalue weighted by molar-refractivity contribution is 6.31. The van der Waals surface area contributed by atoms with Gasteiger partial charge in [-0.15, -0.1) is 0 Å². The van der Waals surface area contributed by atoms with E-state index >= 15 is 0 Å². The molecule has 0 amide bonds. The topological polar surface area (TPSA) is 22.1 Å². The number of hydrogen-bond acceptors (Lipinski definition) is 2. The normalized spacial score (nSPS) is 10.2. The van der Waals surface area contributed by atoms with Crippen molar-refractivity contribution in [3.05, 3.63) is 47.2 Å². The van der Waals surface area contributed by atoms with Gasteiger partial charge in [0.15, 0.2) is 0 Å². The Bertz CT molecular complexity index is 494. The second-order valence-electron chi connectivity index (χ2n) is 3.57. The molecule has 0 unspecified atom stereocenters. The van der Waals surface area contributed by atoms with Crippen LogP contribution < -0.4 is 4.74 Å². The summed E-state index contributed by atoms with van der Waals surface area (Å²) >= 11 is 6.01. The average Bonchev–Trinajstić information content (AvgIpc) is 2.29. The van der Waals surface area contributed by atoms with Gasteiger partial charge in [-0.25, -0.2) is 0 Å². The third-order valence-corrected chi connectivity index (χ3v) is 2.57. The van der Waals surface area contributed by atoms with Gasteiger partial charge in [0.05, 0.1) is 7.11 Å². The lowest BCUT2D eigenvalue weighted by atomic mass is 10.1. The van der Waals surface area contributed by atoms with Crippen LogP contribution in [0.5, 0.6) is 5.75 Å². The second-order valence-corrected chi connectivity index (χ2v) is 4.00. The molecular weight excluding hydrogens is 222 g/mol. The van der Waals surface area contributed by atoms with E-state index in [1.165, 1.54) is 0 Å². The fourth-order valence-electron chi connectivity index (χ4n) is 1.49. The van der Waals surface area contributed by atoms with Crippen molar-refractivity contribution in [3.63, 3.8) is 0 Å². The van der Waals surface area contributed by atoms with Crippen LogP contribution in [0.2, 0.25) is 5.02 Å². The van der Waals surface area contributed by atoms with E-state index in [1.807, 2.05) is 37.4 Å². The Morgan fingerprint density at radius 3 is 2.56 bits per heavy atom. The van der Waals surface area contributed by atoms with Gasteiger partial charge in [0.25, 0.3) is 0 Å². The lowest BCUT2D eigenvalue weighted by Crippen LogP contribution is -1.86. The Morgan fingerprint density at radius 1 is 1.12 bits per heavy atom. The van der Waals surface area contributed by atoms with Gasteiger partial charge in [-0.05, 0) is 36.8 Å². The zero-order valence-corrected chi connectivity index (χ0v) is 9.95. The molecule has 1 heterocycles. The minimum absolute atomic E-state index is 0.662. The molecule has 0 saturated carbocycles. The molecule has 0 spiro atoms. The molecule has 0 fully saturated rings. The highest BCUT2D eigenvalue weighted by Gasteiger charge is 2.02. The fourth-order valence-corrected chi connectivity index (χ4v) is 1.71. The molecule has 0 radical (unpaired) electrons. The average molecular weight is 234 g/mol. The number of aromatic nitrogens is 1. The standard InChI is InChI=1S/C13H12ClNO/c1-9-3-4-10(8-15-9)11-5-12(14)7-13(6-11)16-2/h3-8H,1-2H3. The molecule has 2 aromatic rings. The number of rotatable bonds is 2. The smallest absolute Gasteiger partial charge is 0.120 e. The zero-order chi connectivity index (χ0) is 11.5. The van der Waals surface area contributed by atoms with E-state index in [4.69, 9.17) is 16.3 Å². The first-order valence-corrected chi connectivity index (χ1v) is 5.34. The van der Waals surface area contributed by atoms with E-state index in [9.17, 15) is 0 Å². The maximum Gasteiger partial charge on any atom is 0.120 e. The molecule has 2 rings (SSSR count). The van der Waals surface area contributed by atoms with Crippen LogP contribution in [0.15, 0.2) is 36.5 Å². The summed E-state index contributed by atoms with van der Waals surface area (Å²) in [6.07, 6.45) is 1.83. The van der Waals surface area contributed by atoms with Gasteiger partial charge < -0.3 is 4.74 Å². The predicted molar refractivity (Wildman–Crippen MR) is 66.0 cm³/mol. The molecule has 0 saturated heterocycles. The summed E-state index contributed by atoms with van der Waals surface area (Å²) in [6, 6.07) is 9.62. The molecule has 0 bridgehead atoms. The van der Waals surface area contributed by atoms with E-state index in [-0.39, 0.29) is 0 Å². The summed E-state index contributed by atoms with van der Waals surface area (Å²) in [5.74, 6) is 0.753. The van der Waals surface area contributed by atoms with Crippen molar-refractivity contribution < 1.29 is 4.74 Å². The molecule has 0 atom stereocenters. The molecule has 0 aliphatic rings. The van der Waals surface area contributed by atoms with Crippen molar-refractivity contribution in [2.45, 2.75) is 6.92 Å². The van der Waals surface area contributed by atoms with Crippen LogP contribution in [-0.4, -0.2) is 12.1 Å². The van der Waals surface area contributed by atoms with Crippen molar-refractivity contribution in [3.8, 4) is 16.9 Å². The quantitative estimate of drug-likeness (QED) is 0.789. The van der Waals surface area contributed by atoms with Crippen LogP contribution >= 0.6 is 11.6 Å². The number of aryl methyl sites for hydroxylation is 1. The van der Waals surface area contributed by atoms with Gasteiger partial charge >= 0.3 is 0 Å². The highest BCUT2D eigenvalue weighted by atomic mass is 35.5. The fraction of sp³-hybridized carbons (Fsp3) is 0.154. The van der Waals surface area contributed by atoms with Gasteiger partial charge in [0.1, 0.15) is 5.75 Å². The largest absolute Gasteiger partial charge is 0.497 e. The van der Waals surface area contributed by atoms with E-state index in [1.54, 1.807) is 13.2 Å². The minimum atomic E-state index is 0.662. The predicted octanol–water partition coefficient (Wildman–Crippen LogP) is 3.72. The third kappa shape index (κ3) is 2.34. The van der Waals surface area contributed by atoms with Crippen LogP contribution in [0.1, 0.15) is 5.69 Å². The van der Waals surface area contributed by atoms with Gasteiger partial charge in [-0.3, -0.25) is 4.98 Å². The molecule has 16 heavy (non-hydrogen) atoms. The van der Waals surface area contributed by atoms with Crippen molar-refractivity contribution in [1.82, 2.24) is 4.98 Å². The van der Waals surface area contributed by atoms with E-state index in [0.717, 1.165) is 22.6 Å². The maximum atomic E-state index is 6.01. The number of hydrogen-bond donors (Lipinski definition) is 0. The lowest BCUT2D eigenvalue weighted by Gasteiger charge is -2.06. The molecule has 0 N–H and O–H groups in total. The van der Waals surface area contributed by atoms with E-state index < -0.39 is 0 Å². The summed E-state index contributed by atoms with van der Waals surface area (Å²) < 4.78 is 5.18. The first kappa shape index (κ1) is 11.0. The van der Waals surface area contributed by atoms with Gasteiger partial charge in [0, 0.05) is 22.5 Å². The zero-order valence-electron chi connectivity index (χ0n) is 9.20. The summed E-state index contributed by atoms with van der Waals surface area (Å²) in [7, 11) is 1.63. The summed E-state index contributed by atoms with van der Waals surface area (Å²) in [4.78, 5) is 4.26. The number of pyridine rings is 1. The molecule has 2 nitrogen and oxygen atoms in total. The van der Waals surface area contributed by atoms with E-state index in [0.29, 0.717) is 5.02 Å². The Hall–Kier alpha value is -1.54.